The first-order valence-electron chi connectivity index (χ1n) is 4.89. The number of fused-ring (bicyclic) bond motifs is 1. The molecule has 0 spiro atoms. The maximum Gasteiger partial charge on any atom is 0.345 e. The van der Waals surface area contributed by atoms with Gasteiger partial charge < -0.3 is 5.11 Å². The van der Waals surface area contributed by atoms with Crippen molar-refractivity contribution in [1.82, 2.24) is 0 Å². The lowest BCUT2D eigenvalue weighted by atomic mass is 10.2. The zero-order valence-corrected chi connectivity index (χ0v) is 10.9. The predicted molar refractivity (Wildman–Crippen MR) is 67.5 cm³/mol. The molecule has 1 heterocycles. The van der Waals surface area contributed by atoms with E-state index in [0.717, 1.165) is 17.6 Å². The highest BCUT2D eigenvalue weighted by molar-refractivity contribution is 7.90. The van der Waals surface area contributed by atoms with Crippen molar-refractivity contribution < 1.29 is 22.7 Å². The molecule has 7 heteroatoms. The van der Waals surface area contributed by atoms with E-state index < -0.39 is 21.3 Å². The Bertz CT molecular complexity index is 718. The summed E-state index contributed by atoms with van der Waals surface area (Å²) < 4.78 is 36.5. The van der Waals surface area contributed by atoms with Gasteiger partial charge in [-0.1, -0.05) is 6.07 Å². The molecule has 1 unspecified atom stereocenters. The number of hydrogen-bond acceptors (Lipinski definition) is 4. The Morgan fingerprint density at radius 3 is 2.61 bits per heavy atom. The molecule has 0 fully saturated rings. The van der Waals surface area contributed by atoms with Crippen molar-refractivity contribution in [1.29, 1.82) is 0 Å². The lowest BCUT2D eigenvalue weighted by Gasteiger charge is -2.05. The molecule has 1 aromatic carbocycles. The van der Waals surface area contributed by atoms with E-state index in [9.17, 15) is 17.6 Å². The second-order valence-corrected chi connectivity index (χ2v) is 7.02. The topological polar surface area (TPSA) is 71.4 Å². The smallest absolute Gasteiger partial charge is 0.345 e. The van der Waals surface area contributed by atoms with Crippen LogP contribution in [0, 0.1) is 0 Å². The first-order valence-corrected chi connectivity index (χ1v) is 7.66. The van der Waals surface area contributed by atoms with Gasteiger partial charge in [0, 0.05) is 16.5 Å². The molecule has 0 amide bonds. The van der Waals surface area contributed by atoms with Crippen molar-refractivity contribution in [3.63, 3.8) is 0 Å². The fourth-order valence-electron chi connectivity index (χ4n) is 1.56. The monoisotopic (exact) mass is 288 g/mol. The van der Waals surface area contributed by atoms with E-state index in [-0.39, 0.29) is 10.4 Å². The van der Waals surface area contributed by atoms with Gasteiger partial charge in [0.05, 0.1) is 0 Å². The summed E-state index contributed by atoms with van der Waals surface area (Å²) >= 11 is 1.06. The molecule has 0 saturated heterocycles. The summed E-state index contributed by atoms with van der Waals surface area (Å²) in [5.41, 5.74) is -2.07. The molecule has 0 radical (unpaired) electrons. The highest BCUT2D eigenvalue weighted by Crippen LogP contribution is 2.31. The number of aromatic carboxylic acids is 1. The molecule has 1 aromatic heterocycles. The Kier molecular flexibility index (Phi) is 3.12. The maximum absolute atomic E-state index is 13.6. The number of alkyl halides is 1. The van der Waals surface area contributed by atoms with Crippen LogP contribution in [0.5, 0.6) is 0 Å². The van der Waals surface area contributed by atoms with E-state index in [2.05, 4.69) is 0 Å². The Balaban J connectivity index is 2.54. The minimum atomic E-state index is -3.81. The van der Waals surface area contributed by atoms with Crippen molar-refractivity contribution in [2.45, 2.75) is 5.50 Å². The number of hydrogen-bond donors (Lipinski definition) is 1. The van der Waals surface area contributed by atoms with Crippen molar-refractivity contribution >= 4 is 37.2 Å². The molecule has 2 aromatic rings. The van der Waals surface area contributed by atoms with Gasteiger partial charge in [-0.2, -0.15) is 0 Å². The van der Waals surface area contributed by atoms with Gasteiger partial charge in [-0.25, -0.2) is 17.6 Å². The number of halogens is 1. The third-order valence-corrected chi connectivity index (χ3v) is 4.52. The molecule has 4 nitrogen and oxygen atoms in total. The van der Waals surface area contributed by atoms with Crippen LogP contribution in [-0.4, -0.2) is 25.7 Å². The zero-order valence-electron chi connectivity index (χ0n) is 9.25. The van der Waals surface area contributed by atoms with E-state index in [4.69, 9.17) is 5.11 Å². The molecule has 0 bridgehead atoms. The lowest BCUT2D eigenvalue weighted by Crippen LogP contribution is -2.05. The van der Waals surface area contributed by atoms with Gasteiger partial charge in [0.25, 0.3) is 0 Å². The molecule has 1 N–H and O–H groups in total. The molecule has 2 rings (SSSR count). The van der Waals surface area contributed by atoms with E-state index in [1.54, 1.807) is 0 Å². The Morgan fingerprint density at radius 2 is 2.06 bits per heavy atom. The number of carboxylic acids is 1. The SMILES string of the molecule is CS(=O)(=O)C(F)c1ccc2sc(C(=O)O)cc2c1. The van der Waals surface area contributed by atoms with Gasteiger partial charge in [0.1, 0.15) is 4.88 Å². The number of carbonyl (C=O) groups is 1. The van der Waals surface area contributed by atoms with Crippen molar-refractivity contribution in [2.75, 3.05) is 6.26 Å². The third kappa shape index (κ3) is 2.37. The quantitative estimate of drug-likeness (QED) is 0.942. The third-order valence-electron chi connectivity index (χ3n) is 2.39. The maximum atomic E-state index is 13.6. The second-order valence-electron chi connectivity index (χ2n) is 3.86. The minimum absolute atomic E-state index is 0.0136. The van der Waals surface area contributed by atoms with Crippen LogP contribution >= 0.6 is 11.3 Å². The highest BCUT2D eigenvalue weighted by Gasteiger charge is 2.22. The number of sulfone groups is 1. The van der Waals surface area contributed by atoms with Gasteiger partial charge in [-0.05, 0) is 23.6 Å². The molecule has 0 aliphatic rings. The number of carboxylic acid groups (broad SMARTS) is 1. The summed E-state index contributed by atoms with van der Waals surface area (Å²) in [5, 5.41) is 9.36. The minimum Gasteiger partial charge on any atom is -0.477 e. The van der Waals surface area contributed by atoms with Crippen LogP contribution in [-0.2, 0) is 9.84 Å². The molecular formula is C11H9FO4S2. The van der Waals surface area contributed by atoms with Gasteiger partial charge >= 0.3 is 5.97 Å². The largest absolute Gasteiger partial charge is 0.477 e. The van der Waals surface area contributed by atoms with E-state index in [0.29, 0.717) is 10.1 Å². The van der Waals surface area contributed by atoms with Crippen LogP contribution in [0.2, 0.25) is 0 Å². The van der Waals surface area contributed by atoms with Crippen molar-refractivity contribution in [2.24, 2.45) is 0 Å². The number of rotatable bonds is 3. The molecule has 1 atom stereocenters. The van der Waals surface area contributed by atoms with E-state index >= 15 is 0 Å². The van der Waals surface area contributed by atoms with Crippen LogP contribution < -0.4 is 0 Å². The van der Waals surface area contributed by atoms with Crippen LogP contribution in [0.15, 0.2) is 24.3 Å². The molecule has 18 heavy (non-hydrogen) atoms. The van der Waals surface area contributed by atoms with Crippen LogP contribution in [0.3, 0.4) is 0 Å². The van der Waals surface area contributed by atoms with Crippen molar-refractivity contribution in [3.8, 4) is 0 Å². The van der Waals surface area contributed by atoms with Crippen LogP contribution in [0.1, 0.15) is 20.7 Å². The van der Waals surface area contributed by atoms with Gasteiger partial charge in [-0.3, -0.25) is 0 Å². The Labute approximate surface area is 107 Å². The lowest BCUT2D eigenvalue weighted by molar-refractivity contribution is 0.0702. The van der Waals surface area contributed by atoms with Gasteiger partial charge in [-0.15, -0.1) is 11.3 Å². The Hall–Kier alpha value is -1.47. The van der Waals surface area contributed by atoms with E-state index in [1.165, 1.54) is 24.3 Å². The fraction of sp³-hybridized carbons (Fsp3) is 0.182. The summed E-state index contributed by atoms with van der Waals surface area (Å²) in [6.07, 6.45) is 0.818. The molecule has 0 aliphatic carbocycles. The standard InChI is InChI=1S/C11H9FO4S2/c1-18(15,16)10(12)6-2-3-8-7(4-6)5-9(17-8)11(13)14/h2-5,10H,1H3,(H,13,14). The van der Waals surface area contributed by atoms with Crippen LogP contribution in [0.25, 0.3) is 10.1 Å². The summed E-state index contributed by atoms with van der Waals surface area (Å²) in [4.78, 5) is 10.9. The van der Waals surface area contributed by atoms with Crippen LogP contribution in [0.4, 0.5) is 4.39 Å². The molecule has 0 aliphatic heterocycles. The molecule has 0 saturated carbocycles. The summed E-state index contributed by atoms with van der Waals surface area (Å²) in [6.45, 7) is 0. The van der Waals surface area contributed by atoms with E-state index in [1.807, 2.05) is 0 Å². The van der Waals surface area contributed by atoms with Gasteiger partial charge in [0.15, 0.2) is 9.84 Å². The average Bonchev–Trinajstić information content (AvgIpc) is 2.69. The first kappa shape index (κ1) is 13.0. The van der Waals surface area contributed by atoms with Crippen molar-refractivity contribution in [3.05, 3.63) is 34.7 Å². The highest BCUT2D eigenvalue weighted by atomic mass is 32.2. The Morgan fingerprint density at radius 1 is 1.39 bits per heavy atom. The average molecular weight is 288 g/mol. The molecule has 96 valence electrons. The summed E-state index contributed by atoms with van der Waals surface area (Å²) in [6, 6.07) is 5.65. The predicted octanol–water partition coefficient (Wildman–Crippen LogP) is 2.61. The summed E-state index contributed by atoms with van der Waals surface area (Å²) in [5.74, 6) is -1.06. The second kappa shape index (κ2) is 4.33. The zero-order chi connectivity index (χ0) is 13.5. The summed E-state index contributed by atoms with van der Waals surface area (Å²) in [7, 11) is -3.81. The first-order chi connectivity index (χ1) is 8.29. The number of benzene rings is 1. The van der Waals surface area contributed by atoms with Gasteiger partial charge in [0.2, 0.25) is 5.50 Å². The fourth-order valence-corrected chi connectivity index (χ4v) is 3.08. The molecular weight excluding hydrogens is 279 g/mol. The normalized spacial score (nSPS) is 13.7. The number of thiophene rings is 1.